The zero-order chi connectivity index (χ0) is 19.5. The van der Waals surface area contributed by atoms with E-state index in [0.29, 0.717) is 12.0 Å². The van der Waals surface area contributed by atoms with Gasteiger partial charge in [-0.15, -0.1) is 0 Å². The molecule has 4 nitrogen and oxygen atoms in total. The summed E-state index contributed by atoms with van der Waals surface area (Å²) in [7, 11) is 0. The molecule has 0 radical (unpaired) electrons. The molecule has 29 heavy (non-hydrogen) atoms. The lowest BCUT2D eigenvalue weighted by molar-refractivity contribution is 0.204. The topological polar surface area (TPSA) is 28.6 Å². The van der Waals surface area contributed by atoms with Crippen molar-refractivity contribution in [3.63, 3.8) is 0 Å². The molecule has 1 aromatic heterocycles. The number of benzene rings is 1. The van der Waals surface area contributed by atoms with E-state index in [0.717, 1.165) is 25.3 Å². The number of ether oxygens (including phenoxy) is 1. The molecule has 4 heterocycles. The maximum atomic E-state index is 6.20. The number of nitrogens with zero attached hydrogens (tertiary/aromatic N) is 3. The van der Waals surface area contributed by atoms with Crippen LogP contribution in [-0.4, -0.2) is 54.1 Å². The quantitative estimate of drug-likeness (QED) is 0.672. The largest absolute Gasteiger partial charge is 0.494 e. The number of hydrogen-bond donors (Lipinski definition) is 0. The van der Waals surface area contributed by atoms with Gasteiger partial charge in [-0.3, -0.25) is 9.88 Å². The SMILES string of the molecule is c1cncc([C@@H]2CN3CCC[C@H]3c3cc(OCCCN4CCCCC4)ccc32)c1. The Morgan fingerprint density at radius 2 is 1.93 bits per heavy atom. The molecule has 2 fully saturated rings. The molecule has 5 rings (SSSR count). The average molecular weight is 392 g/mol. The number of aromatic nitrogens is 1. The summed E-state index contributed by atoms with van der Waals surface area (Å²) in [6.45, 7) is 6.85. The summed E-state index contributed by atoms with van der Waals surface area (Å²) in [5.74, 6) is 1.46. The van der Waals surface area contributed by atoms with Gasteiger partial charge in [0.1, 0.15) is 5.75 Å². The highest BCUT2D eigenvalue weighted by atomic mass is 16.5. The van der Waals surface area contributed by atoms with Crippen molar-refractivity contribution in [1.82, 2.24) is 14.8 Å². The van der Waals surface area contributed by atoms with Crippen LogP contribution in [0.2, 0.25) is 0 Å². The van der Waals surface area contributed by atoms with Crippen LogP contribution in [0.1, 0.15) is 67.2 Å². The first-order valence-electron chi connectivity index (χ1n) is 11.5. The smallest absolute Gasteiger partial charge is 0.119 e. The Labute approximate surface area is 174 Å². The first-order valence-corrected chi connectivity index (χ1v) is 11.5. The lowest BCUT2D eigenvalue weighted by Crippen LogP contribution is -2.34. The highest BCUT2D eigenvalue weighted by molar-refractivity contribution is 5.46. The van der Waals surface area contributed by atoms with Gasteiger partial charge in [-0.25, -0.2) is 0 Å². The minimum atomic E-state index is 0.418. The van der Waals surface area contributed by atoms with E-state index in [1.165, 1.54) is 75.0 Å². The molecular formula is C25H33N3O. The van der Waals surface area contributed by atoms with Gasteiger partial charge in [0.25, 0.3) is 0 Å². The standard InChI is InChI=1S/C25H33N3O/c1-2-12-27(13-3-1)14-6-16-29-21-9-10-22-23(17-21)25-8-5-15-28(25)19-24(22)20-7-4-11-26-18-20/h4,7,9-11,17-18,24-25H,1-3,5-6,8,12-16,19H2/t24-,25-/m0/s1. The highest BCUT2D eigenvalue weighted by Crippen LogP contribution is 2.45. The molecule has 0 aliphatic carbocycles. The molecule has 2 atom stereocenters. The van der Waals surface area contributed by atoms with E-state index in [4.69, 9.17) is 4.74 Å². The molecule has 0 saturated carbocycles. The van der Waals surface area contributed by atoms with Gasteiger partial charge >= 0.3 is 0 Å². The molecule has 1 aromatic carbocycles. The van der Waals surface area contributed by atoms with E-state index in [-0.39, 0.29) is 0 Å². The van der Waals surface area contributed by atoms with Gasteiger partial charge < -0.3 is 9.64 Å². The lowest BCUT2D eigenvalue weighted by Gasteiger charge is -2.37. The van der Waals surface area contributed by atoms with E-state index in [1.54, 1.807) is 0 Å². The van der Waals surface area contributed by atoms with Crippen molar-refractivity contribution < 1.29 is 4.74 Å². The van der Waals surface area contributed by atoms with Gasteiger partial charge in [-0.05, 0) is 86.6 Å². The van der Waals surface area contributed by atoms with E-state index in [2.05, 4.69) is 45.1 Å². The first kappa shape index (κ1) is 19.1. The Balaban J connectivity index is 1.29. The van der Waals surface area contributed by atoms with E-state index in [1.807, 2.05) is 12.4 Å². The Bertz CT molecular complexity index is 803. The summed E-state index contributed by atoms with van der Waals surface area (Å²) in [5.41, 5.74) is 4.28. The third kappa shape index (κ3) is 4.19. The maximum absolute atomic E-state index is 6.20. The Kier molecular flexibility index (Phi) is 5.82. The third-order valence-corrected chi connectivity index (χ3v) is 7.00. The van der Waals surface area contributed by atoms with Crippen LogP contribution >= 0.6 is 0 Å². The molecule has 2 saturated heterocycles. The highest BCUT2D eigenvalue weighted by Gasteiger charge is 2.36. The van der Waals surface area contributed by atoms with Crippen molar-refractivity contribution >= 4 is 0 Å². The van der Waals surface area contributed by atoms with E-state index in [9.17, 15) is 0 Å². The van der Waals surface area contributed by atoms with Gasteiger partial charge in [-0.1, -0.05) is 18.6 Å². The van der Waals surface area contributed by atoms with Crippen LogP contribution < -0.4 is 4.74 Å². The second-order valence-corrected chi connectivity index (χ2v) is 8.89. The van der Waals surface area contributed by atoms with E-state index >= 15 is 0 Å². The van der Waals surface area contributed by atoms with Gasteiger partial charge in [0.15, 0.2) is 0 Å². The number of likely N-dealkylation sites (tertiary alicyclic amines) is 1. The summed E-state index contributed by atoms with van der Waals surface area (Å²) in [6.07, 6.45) is 11.7. The van der Waals surface area contributed by atoms with Gasteiger partial charge in [0, 0.05) is 37.4 Å². The minimum Gasteiger partial charge on any atom is -0.494 e. The predicted octanol–water partition coefficient (Wildman–Crippen LogP) is 4.62. The zero-order valence-electron chi connectivity index (χ0n) is 17.4. The van der Waals surface area contributed by atoms with Gasteiger partial charge in [-0.2, -0.15) is 0 Å². The number of pyridine rings is 1. The van der Waals surface area contributed by atoms with E-state index < -0.39 is 0 Å². The average Bonchev–Trinajstić information content (AvgIpc) is 3.26. The molecule has 0 bridgehead atoms. The number of rotatable bonds is 6. The number of fused-ring (bicyclic) bond motifs is 3. The summed E-state index contributed by atoms with van der Waals surface area (Å²) >= 11 is 0. The molecule has 154 valence electrons. The monoisotopic (exact) mass is 391 g/mol. The summed E-state index contributed by atoms with van der Waals surface area (Å²) < 4.78 is 6.20. The molecule has 3 aliphatic rings. The van der Waals surface area contributed by atoms with Gasteiger partial charge in [0.2, 0.25) is 0 Å². The van der Waals surface area contributed by atoms with Crippen molar-refractivity contribution in [3.8, 4) is 5.75 Å². The fourth-order valence-electron chi connectivity index (χ4n) is 5.51. The summed E-state index contributed by atoms with van der Waals surface area (Å²) in [5, 5.41) is 0. The summed E-state index contributed by atoms with van der Waals surface area (Å²) in [6, 6.07) is 11.7. The van der Waals surface area contributed by atoms with Crippen molar-refractivity contribution in [2.45, 2.75) is 50.5 Å². The Morgan fingerprint density at radius 1 is 1.00 bits per heavy atom. The van der Waals surface area contributed by atoms with Crippen LogP contribution in [0.5, 0.6) is 5.75 Å². The Morgan fingerprint density at radius 3 is 2.79 bits per heavy atom. The van der Waals surface area contributed by atoms with Crippen LogP contribution in [0, 0.1) is 0 Å². The minimum absolute atomic E-state index is 0.418. The van der Waals surface area contributed by atoms with Crippen molar-refractivity contribution in [2.24, 2.45) is 0 Å². The second-order valence-electron chi connectivity index (χ2n) is 8.89. The van der Waals surface area contributed by atoms with Gasteiger partial charge in [0.05, 0.1) is 6.61 Å². The number of piperidine rings is 1. The molecule has 2 aromatic rings. The molecule has 0 spiro atoms. The van der Waals surface area contributed by atoms with Crippen molar-refractivity contribution in [2.75, 3.05) is 39.3 Å². The normalized spacial score (nSPS) is 24.8. The van der Waals surface area contributed by atoms with Crippen LogP contribution in [0.4, 0.5) is 0 Å². The third-order valence-electron chi connectivity index (χ3n) is 7.00. The fourth-order valence-corrected chi connectivity index (χ4v) is 5.51. The first-order chi connectivity index (χ1) is 14.4. The Hall–Kier alpha value is -1.91. The van der Waals surface area contributed by atoms with Crippen LogP contribution in [0.3, 0.4) is 0 Å². The molecule has 3 aliphatic heterocycles. The molecule has 4 heteroatoms. The predicted molar refractivity (Wildman–Crippen MR) is 116 cm³/mol. The zero-order valence-corrected chi connectivity index (χ0v) is 17.4. The maximum Gasteiger partial charge on any atom is 0.119 e. The van der Waals surface area contributed by atoms with Crippen LogP contribution in [0.25, 0.3) is 0 Å². The van der Waals surface area contributed by atoms with Crippen molar-refractivity contribution in [3.05, 3.63) is 59.4 Å². The summed E-state index contributed by atoms with van der Waals surface area (Å²) in [4.78, 5) is 9.64. The van der Waals surface area contributed by atoms with Crippen LogP contribution in [-0.2, 0) is 0 Å². The lowest BCUT2D eigenvalue weighted by atomic mass is 9.82. The fraction of sp³-hybridized carbons (Fsp3) is 0.560. The second kappa shape index (κ2) is 8.85. The molecular weight excluding hydrogens is 358 g/mol. The van der Waals surface area contributed by atoms with Crippen molar-refractivity contribution in [1.29, 1.82) is 0 Å². The molecule has 0 N–H and O–H groups in total. The molecule has 0 amide bonds. The van der Waals surface area contributed by atoms with Crippen LogP contribution in [0.15, 0.2) is 42.7 Å². The molecule has 0 unspecified atom stereocenters. The number of hydrogen-bond acceptors (Lipinski definition) is 4.